The van der Waals surface area contributed by atoms with Crippen LogP contribution in [0.5, 0.6) is 0 Å². The second-order valence-corrected chi connectivity index (χ2v) is 5.01. The van der Waals surface area contributed by atoms with Crippen molar-refractivity contribution < 1.29 is 19.1 Å². The largest absolute Gasteiger partial charge is 0.469 e. The Kier molecular flexibility index (Phi) is 6.30. The zero-order chi connectivity index (χ0) is 15.3. The number of rotatable bonds is 5. The first-order valence-corrected chi connectivity index (χ1v) is 6.85. The van der Waals surface area contributed by atoms with Crippen molar-refractivity contribution in [1.82, 2.24) is 0 Å². The Balaban J connectivity index is 3.11. The van der Waals surface area contributed by atoms with Crippen LogP contribution in [-0.4, -0.2) is 25.7 Å². The van der Waals surface area contributed by atoms with Crippen LogP contribution >= 0.6 is 23.2 Å². The summed E-state index contributed by atoms with van der Waals surface area (Å²) in [4.78, 5) is 23.4. The molecule has 0 N–H and O–H groups in total. The highest BCUT2D eigenvalue weighted by Crippen LogP contribution is 2.31. The molecule has 0 amide bonds. The van der Waals surface area contributed by atoms with Crippen molar-refractivity contribution >= 4 is 35.1 Å². The third-order valence-corrected chi connectivity index (χ3v) is 3.65. The second kappa shape index (κ2) is 7.50. The molecule has 1 rings (SSSR count). The van der Waals surface area contributed by atoms with E-state index in [2.05, 4.69) is 0 Å². The molecule has 0 saturated carbocycles. The van der Waals surface area contributed by atoms with Crippen molar-refractivity contribution in [3.8, 4) is 0 Å². The Hall–Kier alpha value is -1.26. The first kappa shape index (κ1) is 16.8. The van der Waals surface area contributed by atoms with E-state index in [4.69, 9.17) is 32.7 Å². The van der Waals surface area contributed by atoms with E-state index < -0.39 is 17.9 Å². The maximum atomic E-state index is 11.8. The molecule has 0 heterocycles. The Labute approximate surface area is 128 Å². The summed E-state index contributed by atoms with van der Waals surface area (Å²) in [7, 11) is 1.26. The summed E-state index contributed by atoms with van der Waals surface area (Å²) in [5.41, 5.74) is 1.25. The maximum Gasteiger partial charge on any atom is 0.313 e. The van der Waals surface area contributed by atoms with E-state index in [1.165, 1.54) is 7.11 Å². The molecule has 4 nitrogen and oxygen atoms in total. The van der Waals surface area contributed by atoms with Crippen molar-refractivity contribution in [2.75, 3.05) is 13.7 Å². The van der Waals surface area contributed by atoms with E-state index in [-0.39, 0.29) is 13.0 Å². The van der Waals surface area contributed by atoms with Gasteiger partial charge in [-0.05, 0) is 37.1 Å². The van der Waals surface area contributed by atoms with E-state index in [1.54, 1.807) is 26.0 Å². The average molecular weight is 319 g/mol. The number of hydrogen-bond acceptors (Lipinski definition) is 4. The van der Waals surface area contributed by atoms with Gasteiger partial charge in [-0.2, -0.15) is 0 Å². The van der Waals surface area contributed by atoms with Gasteiger partial charge in [-0.15, -0.1) is 0 Å². The van der Waals surface area contributed by atoms with Gasteiger partial charge in [0.25, 0.3) is 0 Å². The summed E-state index contributed by atoms with van der Waals surface area (Å²) in [5, 5.41) is 0.871. The van der Waals surface area contributed by atoms with Gasteiger partial charge < -0.3 is 9.47 Å². The fraction of sp³-hybridized carbons (Fsp3) is 0.429. The topological polar surface area (TPSA) is 52.6 Å². The number of methoxy groups -OCH3 is 1. The summed E-state index contributed by atoms with van der Waals surface area (Å²) in [6, 6.07) is 3.23. The fourth-order valence-corrected chi connectivity index (χ4v) is 2.24. The molecule has 0 aliphatic carbocycles. The van der Waals surface area contributed by atoms with E-state index in [0.717, 1.165) is 5.56 Å². The quantitative estimate of drug-likeness (QED) is 0.779. The lowest BCUT2D eigenvalue weighted by atomic mass is 9.95. The number of halogens is 2. The molecule has 1 unspecified atom stereocenters. The molecule has 1 atom stereocenters. The molecule has 0 aromatic heterocycles. The third-order valence-electron chi connectivity index (χ3n) is 2.87. The number of carbonyl (C=O) groups is 2. The lowest BCUT2D eigenvalue weighted by Gasteiger charge is -2.16. The highest BCUT2D eigenvalue weighted by Gasteiger charge is 2.26. The van der Waals surface area contributed by atoms with E-state index in [0.29, 0.717) is 15.6 Å². The lowest BCUT2D eigenvalue weighted by molar-refractivity contribution is -0.150. The zero-order valence-electron chi connectivity index (χ0n) is 11.5. The van der Waals surface area contributed by atoms with Crippen molar-refractivity contribution in [2.45, 2.75) is 26.2 Å². The fourth-order valence-electron chi connectivity index (χ4n) is 1.73. The molecule has 0 spiro atoms. The van der Waals surface area contributed by atoms with Gasteiger partial charge in [-0.1, -0.05) is 23.2 Å². The molecule has 0 saturated heterocycles. The van der Waals surface area contributed by atoms with Crippen LogP contribution in [0.25, 0.3) is 0 Å². The lowest BCUT2D eigenvalue weighted by Crippen LogP contribution is -2.19. The van der Waals surface area contributed by atoms with Crippen LogP contribution in [-0.2, 0) is 19.1 Å². The van der Waals surface area contributed by atoms with Crippen LogP contribution in [0.2, 0.25) is 10.0 Å². The molecule has 0 aliphatic heterocycles. The summed E-state index contributed by atoms with van der Waals surface area (Å²) in [6.45, 7) is 3.72. The molecule has 6 heteroatoms. The highest BCUT2D eigenvalue weighted by atomic mass is 35.5. The van der Waals surface area contributed by atoms with Crippen LogP contribution in [0.15, 0.2) is 12.1 Å². The van der Waals surface area contributed by atoms with Gasteiger partial charge in [0.1, 0.15) is 0 Å². The summed E-state index contributed by atoms with van der Waals surface area (Å²) in [5.74, 6) is -1.79. The highest BCUT2D eigenvalue weighted by molar-refractivity contribution is 6.36. The molecule has 0 radical (unpaired) electrons. The van der Waals surface area contributed by atoms with Gasteiger partial charge >= 0.3 is 11.9 Å². The Morgan fingerprint density at radius 1 is 1.25 bits per heavy atom. The van der Waals surface area contributed by atoms with Gasteiger partial charge in [0.15, 0.2) is 0 Å². The minimum absolute atomic E-state index is 0.115. The van der Waals surface area contributed by atoms with Gasteiger partial charge in [-0.25, -0.2) is 0 Å². The molecule has 20 heavy (non-hydrogen) atoms. The predicted octanol–water partition coefficient (Wildman–Crippen LogP) is 3.51. The van der Waals surface area contributed by atoms with Crippen molar-refractivity contribution in [2.24, 2.45) is 0 Å². The Morgan fingerprint density at radius 2 is 1.80 bits per heavy atom. The van der Waals surface area contributed by atoms with Crippen LogP contribution in [0.4, 0.5) is 0 Å². The average Bonchev–Trinajstić information content (AvgIpc) is 2.41. The standard InChI is InChI=1S/C14H16Cl2O4/c1-4-20-13(17)7-10(14(18)19-3)9-5-11(15)8(2)12(16)6-9/h5-6,10H,4,7H2,1-3H3. The maximum absolute atomic E-state index is 11.8. The number of esters is 2. The van der Waals surface area contributed by atoms with Crippen molar-refractivity contribution in [1.29, 1.82) is 0 Å². The molecule has 0 aliphatic rings. The van der Waals surface area contributed by atoms with Crippen LogP contribution < -0.4 is 0 Å². The Bertz CT molecular complexity index is 491. The van der Waals surface area contributed by atoms with Crippen LogP contribution in [0.1, 0.15) is 30.4 Å². The molecule has 0 bridgehead atoms. The predicted molar refractivity (Wildman–Crippen MR) is 77.2 cm³/mol. The van der Waals surface area contributed by atoms with Gasteiger partial charge in [0.2, 0.25) is 0 Å². The van der Waals surface area contributed by atoms with E-state index >= 15 is 0 Å². The number of carbonyl (C=O) groups excluding carboxylic acids is 2. The second-order valence-electron chi connectivity index (χ2n) is 4.19. The van der Waals surface area contributed by atoms with E-state index in [9.17, 15) is 9.59 Å². The summed E-state index contributed by atoms with van der Waals surface area (Å²) in [6.07, 6.45) is -0.115. The van der Waals surface area contributed by atoms with Gasteiger partial charge in [-0.3, -0.25) is 9.59 Å². The van der Waals surface area contributed by atoms with Gasteiger partial charge in [0.05, 0.1) is 26.1 Å². The Morgan fingerprint density at radius 3 is 2.25 bits per heavy atom. The zero-order valence-corrected chi connectivity index (χ0v) is 13.0. The number of benzene rings is 1. The van der Waals surface area contributed by atoms with Crippen LogP contribution in [0, 0.1) is 6.92 Å². The smallest absolute Gasteiger partial charge is 0.313 e. The summed E-state index contributed by atoms with van der Waals surface area (Å²) < 4.78 is 9.58. The third kappa shape index (κ3) is 4.12. The number of ether oxygens (including phenoxy) is 2. The van der Waals surface area contributed by atoms with Crippen molar-refractivity contribution in [3.05, 3.63) is 33.3 Å². The summed E-state index contributed by atoms with van der Waals surface area (Å²) >= 11 is 12.1. The minimum atomic E-state index is -0.783. The SMILES string of the molecule is CCOC(=O)CC(C(=O)OC)c1cc(Cl)c(C)c(Cl)c1. The van der Waals surface area contributed by atoms with Crippen LogP contribution in [0.3, 0.4) is 0 Å². The minimum Gasteiger partial charge on any atom is -0.469 e. The molecule has 1 aromatic carbocycles. The van der Waals surface area contributed by atoms with Gasteiger partial charge in [0, 0.05) is 10.0 Å². The molecular weight excluding hydrogens is 303 g/mol. The monoisotopic (exact) mass is 318 g/mol. The molecule has 0 fully saturated rings. The first-order valence-electron chi connectivity index (χ1n) is 6.09. The van der Waals surface area contributed by atoms with E-state index in [1.807, 2.05) is 0 Å². The molecule has 110 valence electrons. The normalized spacial score (nSPS) is 11.8. The number of hydrogen-bond donors (Lipinski definition) is 0. The first-order chi connectivity index (χ1) is 9.40. The molecular formula is C14H16Cl2O4. The van der Waals surface area contributed by atoms with Crippen molar-refractivity contribution in [3.63, 3.8) is 0 Å². The molecule has 1 aromatic rings.